The topological polar surface area (TPSA) is 168 Å². The summed E-state index contributed by atoms with van der Waals surface area (Å²) in [5, 5.41) is 10.6. The van der Waals surface area contributed by atoms with Gasteiger partial charge < -0.3 is 10.1 Å². The minimum absolute atomic E-state index is 0.00565. The molecule has 0 spiro atoms. The van der Waals surface area contributed by atoms with Crippen molar-refractivity contribution in [1.82, 2.24) is 39.4 Å². The summed E-state index contributed by atoms with van der Waals surface area (Å²) in [7, 11) is -1.15. The van der Waals surface area contributed by atoms with E-state index in [1.807, 2.05) is 0 Å². The van der Waals surface area contributed by atoms with Gasteiger partial charge in [0.1, 0.15) is 35.4 Å². The van der Waals surface area contributed by atoms with Gasteiger partial charge in [-0.1, -0.05) is 11.6 Å². The summed E-state index contributed by atoms with van der Waals surface area (Å²) in [5.41, 5.74) is -2.92. The van der Waals surface area contributed by atoms with Gasteiger partial charge in [0.25, 0.3) is 17.9 Å². The second kappa shape index (κ2) is 13.5. The summed E-state index contributed by atoms with van der Waals surface area (Å²) < 4.78 is 123. The Balaban J connectivity index is 1.33. The van der Waals surface area contributed by atoms with Crippen LogP contribution in [0.4, 0.5) is 32.2 Å². The summed E-state index contributed by atoms with van der Waals surface area (Å²) >= 11 is 6.56. The van der Waals surface area contributed by atoms with E-state index in [1.165, 1.54) is 43.1 Å². The molecule has 4 heterocycles. The molecule has 1 unspecified atom stereocenters. The molecule has 2 aromatic carbocycles. The van der Waals surface area contributed by atoms with Crippen LogP contribution >= 0.6 is 11.6 Å². The zero-order valence-corrected chi connectivity index (χ0v) is 31.3. The molecule has 4 aromatic heterocycles. The molecule has 2 aliphatic rings. The molecule has 1 fully saturated rings. The normalized spacial score (nSPS) is 17.5. The lowest BCUT2D eigenvalue weighted by Crippen LogP contribution is -2.38. The number of sulfonamides is 1. The Labute approximate surface area is 322 Å². The van der Waals surface area contributed by atoms with Gasteiger partial charge in [-0.3, -0.25) is 28.2 Å². The van der Waals surface area contributed by atoms with Crippen molar-refractivity contribution in [3.8, 4) is 11.6 Å². The first kappa shape index (κ1) is 38.2. The van der Waals surface area contributed by atoms with Gasteiger partial charge in [-0.25, -0.2) is 31.0 Å². The molecule has 1 saturated carbocycles. The lowest BCUT2D eigenvalue weighted by molar-refractivity contribution is -0.123. The molecule has 2 N–H and O–H groups in total. The monoisotopic (exact) mass is 835 g/mol. The van der Waals surface area contributed by atoms with Crippen molar-refractivity contribution in [3.63, 3.8) is 0 Å². The Morgan fingerprint density at radius 2 is 1.81 bits per heavy atom. The Bertz CT molecular complexity index is 2830. The summed E-state index contributed by atoms with van der Waals surface area (Å²) in [6.07, 6.45) is -2.80. The Morgan fingerprint density at radius 3 is 2.47 bits per heavy atom. The van der Waals surface area contributed by atoms with Crippen LogP contribution in [0.1, 0.15) is 53.1 Å². The SMILES string of the molecule is COc1ccc2c(=O)n(-c3ccc(Cl)c4c(NS(C)(=O)=O)nn(C)c34)c(C(Cc3cc(F)cc(F)c3)NC(=O)Cn3nc(C(F)F)c4c3C(F)(F)[C@H]3C[C@@H]43)nc2n1. The zero-order chi connectivity index (χ0) is 40.9. The lowest BCUT2D eigenvalue weighted by Gasteiger charge is -2.24. The van der Waals surface area contributed by atoms with E-state index in [4.69, 9.17) is 16.3 Å². The summed E-state index contributed by atoms with van der Waals surface area (Å²) in [5.74, 6) is -9.10. The molecule has 3 atom stereocenters. The Kier molecular flexibility index (Phi) is 9.02. The van der Waals surface area contributed by atoms with Gasteiger partial charge in [-0.05, 0) is 48.2 Å². The third kappa shape index (κ3) is 6.60. The molecule has 6 aromatic rings. The minimum atomic E-state index is -3.90. The maximum absolute atomic E-state index is 15.4. The highest BCUT2D eigenvalue weighted by Crippen LogP contribution is 2.68. The lowest BCUT2D eigenvalue weighted by atomic mass is 10.0. The molecule has 2 aliphatic carbocycles. The van der Waals surface area contributed by atoms with Gasteiger partial charge in [0.15, 0.2) is 11.5 Å². The van der Waals surface area contributed by atoms with E-state index in [-0.39, 0.29) is 67.7 Å². The number of benzene rings is 2. The van der Waals surface area contributed by atoms with Crippen LogP contribution in [0.2, 0.25) is 5.02 Å². The van der Waals surface area contributed by atoms with Gasteiger partial charge in [0.05, 0.1) is 46.4 Å². The Hall–Kier alpha value is -5.70. The number of nitrogens with zero attached hydrogens (tertiary/aromatic N) is 7. The zero-order valence-electron chi connectivity index (χ0n) is 29.7. The number of halogens is 7. The summed E-state index contributed by atoms with van der Waals surface area (Å²) in [4.78, 5) is 37.5. The average Bonchev–Trinajstić information content (AvgIpc) is 3.66. The average molecular weight is 836 g/mol. The number of ether oxygens (including phenoxy) is 1. The van der Waals surface area contributed by atoms with E-state index in [0.717, 1.165) is 23.0 Å². The smallest absolute Gasteiger partial charge is 0.293 e. The van der Waals surface area contributed by atoms with Crippen molar-refractivity contribution in [2.45, 2.75) is 43.7 Å². The summed E-state index contributed by atoms with van der Waals surface area (Å²) in [6, 6.07) is 6.47. The van der Waals surface area contributed by atoms with Gasteiger partial charge in [-0.15, -0.1) is 0 Å². The molecule has 14 nitrogen and oxygen atoms in total. The minimum Gasteiger partial charge on any atom is -0.481 e. The number of anilines is 1. The predicted octanol–water partition coefficient (Wildman–Crippen LogP) is 5.42. The van der Waals surface area contributed by atoms with Crippen LogP contribution in [-0.4, -0.2) is 61.8 Å². The number of rotatable bonds is 11. The Morgan fingerprint density at radius 1 is 1.09 bits per heavy atom. The number of carbonyl (C=O) groups is 1. The first-order chi connectivity index (χ1) is 26.9. The number of hydrogen-bond acceptors (Lipinski definition) is 9. The molecule has 0 aliphatic heterocycles. The number of hydrogen-bond donors (Lipinski definition) is 2. The highest BCUT2D eigenvalue weighted by Gasteiger charge is 2.67. The molecule has 0 radical (unpaired) electrons. The summed E-state index contributed by atoms with van der Waals surface area (Å²) in [6.45, 7) is -0.991. The number of alkyl halides is 4. The van der Waals surface area contributed by atoms with Crippen molar-refractivity contribution in [3.05, 3.63) is 97.8 Å². The van der Waals surface area contributed by atoms with E-state index in [0.29, 0.717) is 10.7 Å². The molecular weight excluding hydrogens is 808 g/mol. The standard InChI is InChI=1S/C35H28ClF6N9O5S/c1-49-28-22(6-5-20(36)26(28)32(47-49)48-57(3,54)55)51-33(45-31-17(34(51)53)4-7-24(44-31)56-2)21(10-14-8-15(37)11-16(38)9-14)43-23(52)13-50-29-25(27(46-50)30(39)40)18-12-19(18)35(29,41)42/h4-9,11,18-19,21,30H,10,12-13H2,1-3H3,(H,43,52)(H,47,48)/t18-,19+,21?/m1/s1. The number of aromatic nitrogens is 7. The van der Waals surface area contributed by atoms with E-state index in [1.54, 1.807) is 0 Å². The molecule has 0 saturated heterocycles. The number of fused-ring (bicyclic) bond motifs is 5. The largest absolute Gasteiger partial charge is 0.481 e. The third-order valence-electron chi connectivity index (χ3n) is 9.85. The fourth-order valence-electron chi connectivity index (χ4n) is 7.56. The quantitative estimate of drug-likeness (QED) is 0.162. The highest BCUT2D eigenvalue weighted by atomic mass is 35.5. The number of pyridine rings is 1. The molecule has 298 valence electrons. The molecular formula is C35H28ClF6N9O5S. The molecule has 57 heavy (non-hydrogen) atoms. The van der Waals surface area contributed by atoms with Gasteiger partial charge in [0.2, 0.25) is 21.8 Å². The first-order valence-corrected chi connectivity index (χ1v) is 19.3. The van der Waals surface area contributed by atoms with Crippen LogP contribution in [-0.2, 0) is 40.8 Å². The van der Waals surface area contributed by atoms with Crippen molar-refractivity contribution in [2.75, 3.05) is 18.1 Å². The molecule has 0 bridgehead atoms. The second-order valence-electron chi connectivity index (χ2n) is 13.8. The number of carbonyl (C=O) groups excluding carboxylic acids is 1. The van der Waals surface area contributed by atoms with Crippen LogP contribution in [0.15, 0.2) is 47.3 Å². The first-order valence-electron chi connectivity index (χ1n) is 17.0. The fraction of sp³-hybridized carbons (Fsp3) is 0.314. The van der Waals surface area contributed by atoms with Crippen LogP contribution in [0, 0.1) is 17.6 Å². The van der Waals surface area contributed by atoms with Gasteiger partial charge in [0, 0.05) is 37.1 Å². The van der Waals surface area contributed by atoms with E-state index < -0.39 is 87.7 Å². The van der Waals surface area contributed by atoms with Crippen LogP contribution in [0.5, 0.6) is 5.88 Å². The molecule has 1 amide bonds. The van der Waals surface area contributed by atoms with E-state index >= 15 is 8.78 Å². The number of nitrogens with one attached hydrogen (secondary N) is 2. The van der Waals surface area contributed by atoms with Crippen LogP contribution < -0.4 is 20.3 Å². The van der Waals surface area contributed by atoms with Gasteiger partial charge >= 0.3 is 0 Å². The fourth-order valence-corrected chi connectivity index (χ4v) is 8.29. The maximum atomic E-state index is 15.4. The second-order valence-corrected chi connectivity index (χ2v) is 15.9. The van der Waals surface area contributed by atoms with Crippen LogP contribution in [0.25, 0.3) is 27.6 Å². The van der Waals surface area contributed by atoms with Crippen molar-refractivity contribution < 1.29 is 44.3 Å². The van der Waals surface area contributed by atoms with Crippen LogP contribution in [0.3, 0.4) is 0 Å². The maximum Gasteiger partial charge on any atom is 0.293 e. The van der Waals surface area contributed by atoms with Crippen molar-refractivity contribution in [2.24, 2.45) is 13.0 Å². The highest BCUT2D eigenvalue weighted by molar-refractivity contribution is 7.92. The molecule has 22 heteroatoms. The van der Waals surface area contributed by atoms with Crippen molar-refractivity contribution >= 4 is 55.3 Å². The van der Waals surface area contributed by atoms with Gasteiger partial charge in [-0.2, -0.15) is 24.0 Å². The molecule has 8 rings (SSSR count). The van der Waals surface area contributed by atoms with E-state index in [9.17, 15) is 35.6 Å². The number of methoxy groups -OCH3 is 1. The van der Waals surface area contributed by atoms with E-state index in [2.05, 4.69) is 30.2 Å². The third-order valence-corrected chi connectivity index (χ3v) is 10.7. The van der Waals surface area contributed by atoms with Crippen molar-refractivity contribution in [1.29, 1.82) is 0 Å². The number of aryl methyl sites for hydroxylation is 1. The predicted molar refractivity (Wildman–Crippen MR) is 192 cm³/mol. The number of amides is 1.